The average molecular weight is 301 g/mol. The summed E-state index contributed by atoms with van der Waals surface area (Å²) in [6.07, 6.45) is 0. The van der Waals surface area contributed by atoms with E-state index in [1.165, 1.54) is 29.6 Å². The molecule has 2 N–H and O–H groups in total. The Hall–Kier alpha value is -2.52. The molecule has 0 aliphatic heterocycles. The van der Waals surface area contributed by atoms with E-state index in [9.17, 15) is 8.42 Å². The fourth-order valence-electron chi connectivity index (χ4n) is 1.94. The molecular formula is C15H15N3O2S. The van der Waals surface area contributed by atoms with Crippen LogP contribution in [-0.4, -0.2) is 15.5 Å². The summed E-state index contributed by atoms with van der Waals surface area (Å²) < 4.78 is 26.4. The molecule has 0 bridgehead atoms. The highest BCUT2D eigenvalue weighted by Gasteiger charge is 2.22. The third-order valence-corrected chi connectivity index (χ3v) is 4.99. The van der Waals surface area contributed by atoms with Gasteiger partial charge < -0.3 is 5.73 Å². The van der Waals surface area contributed by atoms with Crippen molar-refractivity contribution >= 4 is 21.4 Å². The zero-order valence-corrected chi connectivity index (χ0v) is 12.6. The molecule has 0 radical (unpaired) electrons. The molecule has 6 heteroatoms. The number of hydrogen-bond donors (Lipinski definition) is 1. The van der Waals surface area contributed by atoms with Crippen molar-refractivity contribution < 1.29 is 8.42 Å². The maximum Gasteiger partial charge on any atom is 0.264 e. The number of nitrogens with two attached hydrogens (primary N) is 1. The topological polar surface area (TPSA) is 87.2 Å². The van der Waals surface area contributed by atoms with E-state index >= 15 is 0 Å². The molecule has 0 saturated heterocycles. The third-order valence-electron chi connectivity index (χ3n) is 3.21. The van der Waals surface area contributed by atoms with E-state index in [2.05, 4.69) is 0 Å². The Morgan fingerprint density at radius 1 is 1.19 bits per heavy atom. The van der Waals surface area contributed by atoms with Gasteiger partial charge in [-0.3, -0.25) is 4.31 Å². The lowest BCUT2D eigenvalue weighted by atomic mass is 10.1. The lowest BCUT2D eigenvalue weighted by molar-refractivity contribution is 0.594. The zero-order valence-electron chi connectivity index (χ0n) is 11.7. The van der Waals surface area contributed by atoms with Crippen molar-refractivity contribution in [2.75, 3.05) is 17.1 Å². The molecule has 5 nitrogen and oxygen atoms in total. The molecule has 0 aromatic heterocycles. The van der Waals surface area contributed by atoms with Gasteiger partial charge in [-0.05, 0) is 48.9 Å². The van der Waals surface area contributed by atoms with Crippen molar-refractivity contribution in [2.45, 2.75) is 11.8 Å². The van der Waals surface area contributed by atoms with E-state index in [-0.39, 0.29) is 4.90 Å². The van der Waals surface area contributed by atoms with Gasteiger partial charge in [-0.15, -0.1) is 0 Å². The van der Waals surface area contributed by atoms with Crippen LogP contribution < -0.4 is 10.0 Å². The minimum atomic E-state index is -3.69. The number of anilines is 2. The fraction of sp³-hybridized carbons (Fsp3) is 0.133. The van der Waals surface area contributed by atoms with Crippen LogP contribution in [0.3, 0.4) is 0 Å². The lowest BCUT2D eigenvalue weighted by Gasteiger charge is -2.20. The monoisotopic (exact) mass is 301 g/mol. The number of nitrogens with zero attached hydrogens (tertiary/aromatic N) is 2. The Morgan fingerprint density at radius 3 is 2.48 bits per heavy atom. The van der Waals surface area contributed by atoms with Crippen molar-refractivity contribution in [3.8, 4) is 6.07 Å². The Labute approximate surface area is 124 Å². The summed E-state index contributed by atoms with van der Waals surface area (Å²) in [4.78, 5) is 0.143. The van der Waals surface area contributed by atoms with Gasteiger partial charge >= 0.3 is 0 Å². The summed E-state index contributed by atoms with van der Waals surface area (Å²) in [5.74, 6) is 0. The molecule has 0 atom stereocenters. The molecule has 0 aliphatic carbocycles. The van der Waals surface area contributed by atoms with Crippen LogP contribution in [0.4, 0.5) is 11.4 Å². The molecule has 0 unspecified atom stereocenters. The Bertz CT molecular complexity index is 823. The first kappa shape index (κ1) is 14.9. The smallest absolute Gasteiger partial charge is 0.264 e. The summed E-state index contributed by atoms with van der Waals surface area (Å²) in [5, 5.41) is 8.91. The van der Waals surface area contributed by atoms with Gasteiger partial charge in [-0.2, -0.15) is 5.26 Å². The first-order chi connectivity index (χ1) is 9.86. The molecule has 21 heavy (non-hydrogen) atoms. The maximum atomic E-state index is 12.6. The predicted molar refractivity (Wildman–Crippen MR) is 82.3 cm³/mol. The molecular weight excluding hydrogens is 286 g/mol. The normalized spacial score (nSPS) is 10.9. The van der Waals surface area contributed by atoms with Crippen LogP contribution >= 0.6 is 0 Å². The number of aryl methyl sites for hydroxylation is 1. The van der Waals surface area contributed by atoms with Crippen LogP contribution in [0.15, 0.2) is 47.4 Å². The van der Waals surface area contributed by atoms with Crippen LogP contribution in [0.2, 0.25) is 0 Å². The van der Waals surface area contributed by atoms with Crippen LogP contribution in [0.25, 0.3) is 0 Å². The highest BCUT2D eigenvalue weighted by Crippen LogP contribution is 2.24. The highest BCUT2D eigenvalue weighted by atomic mass is 32.2. The van der Waals surface area contributed by atoms with Gasteiger partial charge in [0.05, 0.1) is 22.2 Å². The molecule has 2 rings (SSSR count). The van der Waals surface area contributed by atoms with E-state index in [1.54, 1.807) is 31.2 Å². The van der Waals surface area contributed by atoms with Crippen molar-refractivity contribution in [3.63, 3.8) is 0 Å². The van der Waals surface area contributed by atoms with Crippen LogP contribution in [0.1, 0.15) is 11.1 Å². The second-order valence-corrected chi connectivity index (χ2v) is 6.63. The summed E-state index contributed by atoms with van der Waals surface area (Å²) >= 11 is 0. The molecule has 0 fully saturated rings. The molecule has 2 aromatic rings. The molecule has 0 heterocycles. The minimum absolute atomic E-state index is 0.143. The largest absolute Gasteiger partial charge is 0.399 e. The van der Waals surface area contributed by atoms with Crippen LogP contribution in [-0.2, 0) is 10.0 Å². The highest BCUT2D eigenvalue weighted by molar-refractivity contribution is 7.92. The molecule has 0 aliphatic rings. The van der Waals surface area contributed by atoms with Crippen molar-refractivity contribution in [1.29, 1.82) is 5.26 Å². The molecule has 0 saturated carbocycles. The minimum Gasteiger partial charge on any atom is -0.399 e. The van der Waals surface area contributed by atoms with Crippen LogP contribution in [0.5, 0.6) is 0 Å². The van der Waals surface area contributed by atoms with E-state index in [0.717, 1.165) is 0 Å². The average Bonchev–Trinajstić information content (AvgIpc) is 2.46. The first-order valence-corrected chi connectivity index (χ1v) is 7.65. The van der Waals surface area contributed by atoms with Crippen molar-refractivity contribution in [2.24, 2.45) is 0 Å². The van der Waals surface area contributed by atoms with Gasteiger partial charge in [-0.25, -0.2) is 8.42 Å². The quantitative estimate of drug-likeness (QED) is 0.881. The second-order valence-electron chi connectivity index (χ2n) is 4.66. The number of nitrogen functional groups attached to an aromatic ring is 1. The van der Waals surface area contributed by atoms with Gasteiger partial charge in [-0.1, -0.05) is 6.07 Å². The van der Waals surface area contributed by atoms with E-state index in [1.807, 2.05) is 6.07 Å². The molecule has 108 valence electrons. The molecule has 2 aromatic carbocycles. The van der Waals surface area contributed by atoms with Gasteiger partial charge in [0, 0.05) is 12.7 Å². The zero-order chi connectivity index (χ0) is 15.6. The van der Waals surface area contributed by atoms with Crippen molar-refractivity contribution in [1.82, 2.24) is 0 Å². The Morgan fingerprint density at radius 2 is 1.90 bits per heavy atom. The van der Waals surface area contributed by atoms with E-state index in [4.69, 9.17) is 11.0 Å². The summed E-state index contributed by atoms with van der Waals surface area (Å²) in [5.41, 5.74) is 7.74. The van der Waals surface area contributed by atoms with Crippen LogP contribution in [0, 0.1) is 18.3 Å². The standard InChI is InChI=1S/C15H15N3O2S/c1-11-8-15(7-6-12(11)10-16)21(19,20)18(2)14-5-3-4-13(17)9-14/h3-9H,17H2,1-2H3. The second kappa shape index (κ2) is 5.46. The number of benzene rings is 2. The summed E-state index contributed by atoms with van der Waals surface area (Å²) in [6.45, 7) is 1.71. The fourth-order valence-corrected chi connectivity index (χ4v) is 3.21. The maximum absolute atomic E-state index is 12.6. The Kier molecular flexibility index (Phi) is 3.87. The predicted octanol–water partition coefficient (Wildman–Crippen LogP) is 2.27. The molecule has 0 spiro atoms. The number of rotatable bonds is 3. The summed E-state index contributed by atoms with van der Waals surface area (Å²) in [6, 6.07) is 13.1. The number of hydrogen-bond acceptors (Lipinski definition) is 4. The van der Waals surface area contributed by atoms with Gasteiger partial charge in [0.2, 0.25) is 0 Å². The van der Waals surface area contributed by atoms with E-state index < -0.39 is 10.0 Å². The van der Waals surface area contributed by atoms with E-state index in [0.29, 0.717) is 22.5 Å². The SMILES string of the molecule is Cc1cc(S(=O)(=O)N(C)c2cccc(N)c2)ccc1C#N. The third kappa shape index (κ3) is 2.83. The van der Waals surface area contributed by atoms with Gasteiger partial charge in [0.1, 0.15) is 0 Å². The number of nitriles is 1. The first-order valence-electron chi connectivity index (χ1n) is 6.21. The van der Waals surface area contributed by atoms with Gasteiger partial charge in [0.15, 0.2) is 0 Å². The number of sulfonamides is 1. The van der Waals surface area contributed by atoms with Crippen molar-refractivity contribution in [3.05, 3.63) is 53.6 Å². The molecule has 0 amide bonds. The lowest BCUT2D eigenvalue weighted by Crippen LogP contribution is -2.26. The Balaban J connectivity index is 2.47. The van der Waals surface area contributed by atoms with Gasteiger partial charge in [0.25, 0.3) is 10.0 Å². The summed E-state index contributed by atoms with van der Waals surface area (Å²) in [7, 11) is -2.22.